The summed E-state index contributed by atoms with van der Waals surface area (Å²) in [5.41, 5.74) is 3.84. The van der Waals surface area contributed by atoms with E-state index in [1.54, 1.807) is 0 Å². The lowest BCUT2D eigenvalue weighted by molar-refractivity contribution is 0.646. The second kappa shape index (κ2) is 5.17. The van der Waals surface area contributed by atoms with Crippen molar-refractivity contribution in [2.75, 3.05) is 0 Å². The van der Waals surface area contributed by atoms with Crippen LogP contribution >= 0.6 is 34.5 Å². The Labute approximate surface area is 108 Å². The molecule has 0 bridgehead atoms. The summed E-state index contributed by atoms with van der Waals surface area (Å²) in [4.78, 5) is 1.08. The number of nitrogens with one attached hydrogen (secondary N) is 1. The largest absolute Gasteiger partial charge is 0.271 e. The Bertz CT molecular complexity index is 467. The summed E-state index contributed by atoms with van der Waals surface area (Å²) >= 11 is 13.3. The van der Waals surface area contributed by atoms with Gasteiger partial charge in [-0.1, -0.05) is 35.3 Å². The van der Waals surface area contributed by atoms with Crippen LogP contribution < -0.4 is 11.3 Å². The number of benzene rings is 1. The van der Waals surface area contributed by atoms with Crippen LogP contribution in [0.3, 0.4) is 0 Å². The maximum absolute atomic E-state index is 5.90. The van der Waals surface area contributed by atoms with Gasteiger partial charge in [0.05, 0.1) is 10.4 Å². The van der Waals surface area contributed by atoms with Gasteiger partial charge in [0, 0.05) is 9.90 Å². The molecule has 2 nitrogen and oxygen atoms in total. The Kier molecular flexibility index (Phi) is 3.84. The molecule has 0 fully saturated rings. The number of hydrazine groups is 1. The summed E-state index contributed by atoms with van der Waals surface area (Å²) < 4.78 is 0.754. The summed E-state index contributed by atoms with van der Waals surface area (Å²) in [5, 5.41) is 0.712. The van der Waals surface area contributed by atoms with Crippen LogP contribution in [0.25, 0.3) is 0 Å². The highest BCUT2D eigenvalue weighted by Gasteiger charge is 2.14. The van der Waals surface area contributed by atoms with E-state index in [1.165, 1.54) is 11.3 Å². The molecule has 0 spiro atoms. The zero-order valence-corrected chi connectivity index (χ0v) is 10.6. The van der Waals surface area contributed by atoms with Crippen molar-refractivity contribution in [3.63, 3.8) is 0 Å². The zero-order valence-electron chi connectivity index (χ0n) is 8.28. The molecule has 2 rings (SSSR count). The molecule has 0 saturated carbocycles. The van der Waals surface area contributed by atoms with Crippen LogP contribution in [0.5, 0.6) is 0 Å². The Morgan fingerprint density at radius 3 is 2.25 bits per heavy atom. The lowest BCUT2D eigenvalue weighted by Gasteiger charge is -2.14. The van der Waals surface area contributed by atoms with E-state index in [1.807, 2.05) is 36.4 Å². The van der Waals surface area contributed by atoms with E-state index in [-0.39, 0.29) is 6.04 Å². The molecule has 1 aromatic heterocycles. The summed E-state index contributed by atoms with van der Waals surface area (Å²) in [7, 11) is 0. The molecule has 1 aromatic carbocycles. The lowest BCUT2D eigenvalue weighted by atomic mass is 10.1. The van der Waals surface area contributed by atoms with Gasteiger partial charge < -0.3 is 0 Å². The van der Waals surface area contributed by atoms with Gasteiger partial charge in [-0.3, -0.25) is 5.84 Å². The van der Waals surface area contributed by atoms with Crippen molar-refractivity contribution in [1.29, 1.82) is 0 Å². The molecule has 0 aliphatic carbocycles. The van der Waals surface area contributed by atoms with Gasteiger partial charge in [0.1, 0.15) is 0 Å². The average Bonchev–Trinajstić information content (AvgIpc) is 2.69. The van der Waals surface area contributed by atoms with E-state index < -0.39 is 0 Å². The molecule has 2 aromatic rings. The monoisotopic (exact) mass is 272 g/mol. The van der Waals surface area contributed by atoms with Crippen molar-refractivity contribution in [3.8, 4) is 0 Å². The summed E-state index contributed by atoms with van der Waals surface area (Å²) in [6.45, 7) is 0. The zero-order chi connectivity index (χ0) is 11.5. The van der Waals surface area contributed by atoms with Crippen LogP contribution in [0.4, 0.5) is 0 Å². The highest BCUT2D eigenvalue weighted by molar-refractivity contribution is 7.16. The van der Waals surface area contributed by atoms with Gasteiger partial charge in [-0.2, -0.15) is 0 Å². The minimum atomic E-state index is -0.0465. The number of thiophene rings is 1. The Balaban J connectivity index is 2.32. The molecule has 0 amide bonds. The van der Waals surface area contributed by atoms with Gasteiger partial charge in [0.15, 0.2) is 0 Å². The van der Waals surface area contributed by atoms with E-state index in [0.717, 1.165) is 14.8 Å². The summed E-state index contributed by atoms with van der Waals surface area (Å²) in [6, 6.07) is 11.4. The maximum Gasteiger partial charge on any atom is 0.0931 e. The lowest BCUT2D eigenvalue weighted by Crippen LogP contribution is -2.28. The minimum Gasteiger partial charge on any atom is -0.271 e. The second-order valence-electron chi connectivity index (χ2n) is 3.29. The fourth-order valence-electron chi connectivity index (χ4n) is 1.48. The molecule has 1 heterocycles. The minimum absolute atomic E-state index is 0.0465. The van der Waals surface area contributed by atoms with E-state index in [2.05, 4.69) is 5.43 Å². The molecule has 3 N–H and O–H groups in total. The van der Waals surface area contributed by atoms with Crippen LogP contribution in [0.2, 0.25) is 9.36 Å². The molecule has 16 heavy (non-hydrogen) atoms. The number of nitrogens with two attached hydrogens (primary N) is 1. The molecule has 0 radical (unpaired) electrons. The van der Waals surface area contributed by atoms with E-state index in [4.69, 9.17) is 29.0 Å². The van der Waals surface area contributed by atoms with E-state index >= 15 is 0 Å². The van der Waals surface area contributed by atoms with Crippen molar-refractivity contribution < 1.29 is 0 Å². The highest BCUT2D eigenvalue weighted by Crippen LogP contribution is 2.30. The van der Waals surface area contributed by atoms with Crippen molar-refractivity contribution in [2.24, 2.45) is 5.84 Å². The smallest absolute Gasteiger partial charge is 0.0931 e. The van der Waals surface area contributed by atoms with Gasteiger partial charge in [0.2, 0.25) is 0 Å². The summed E-state index contributed by atoms with van der Waals surface area (Å²) in [6.07, 6.45) is 0. The molecule has 1 atom stereocenters. The van der Waals surface area contributed by atoms with E-state index in [0.29, 0.717) is 5.02 Å². The second-order valence-corrected chi connectivity index (χ2v) is 5.48. The fourth-order valence-corrected chi connectivity index (χ4v) is 2.76. The first-order valence-corrected chi connectivity index (χ1v) is 6.25. The predicted octanol–water partition coefficient (Wildman–Crippen LogP) is 3.61. The first-order chi connectivity index (χ1) is 7.70. The first kappa shape index (κ1) is 11.9. The number of halogens is 2. The normalized spacial score (nSPS) is 12.7. The standard InChI is InChI=1S/C11H10Cl2N2S/c12-8-3-1-7(2-4-8)11(15-14)9-5-6-10(13)16-9/h1-6,11,15H,14H2. The molecule has 5 heteroatoms. The molecule has 0 saturated heterocycles. The van der Waals surface area contributed by atoms with Crippen LogP contribution in [0.15, 0.2) is 36.4 Å². The van der Waals surface area contributed by atoms with Crippen molar-refractivity contribution in [1.82, 2.24) is 5.43 Å². The number of hydrogen-bond donors (Lipinski definition) is 2. The van der Waals surface area contributed by atoms with Gasteiger partial charge in [0.25, 0.3) is 0 Å². The fraction of sp³-hybridized carbons (Fsp3) is 0.0909. The molecule has 84 valence electrons. The SMILES string of the molecule is NNC(c1ccc(Cl)cc1)c1ccc(Cl)s1. The van der Waals surface area contributed by atoms with Crippen molar-refractivity contribution in [2.45, 2.75) is 6.04 Å². The third kappa shape index (κ3) is 2.56. The van der Waals surface area contributed by atoms with Gasteiger partial charge in [-0.25, -0.2) is 5.43 Å². The Morgan fingerprint density at radius 2 is 1.75 bits per heavy atom. The van der Waals surface area contributed by atoms with Gasteiger partial charge >= 0.3 is 0 Å². The van der Waals surface area contributed by atoms with Crippen LogP contribution in [-0.2, 0) is 0 Å². The number of rotatable bonds is 3. The predicted molar refractivity (Wildman–Crippen MR) is 69.9 cm³/mol. The highest BCUT2D eigenvalue weighted by atomic mass is 35.5. The van der Waals surface area contributed by atoms with Gasteiger partial charge in [-0.15, -0.1) is 11.3 Å². The Hall–Kier alpha value is -0.580. The quantitative estimate of drug-likeness (QED) is 0.662. The number of hydrogen-bond acceptors (Lipinski definition) is 3. The first-order valence-electron chi connectivity index (χ1n) is 4.67. The average molecular weight is 273 g/mol. The molecular formula is C11H10Cl2N2S. The van der Waals surface area contributed by atoms with Gasteiger partial charge in [-0.05, 0) is 29.8 Å². The van der Waals surface area contributed by atoms with Crippen LogP contribution in [0, 0.1) is 0 Å². The summed E-state index contributed by atoms with van der Waals surface area (Å²) in [5.74, 6) is 5.56. The maximum atomic E-state index is 5.90. The van der Waals surface area contributed by atoms with Crippen molar-refractivity contribution >= 4 is 34.5 Å². The third-order valence-electron chi connectivity index (χ3n) is 2.25. The third-order valence-corrected chi connectivity index (χ3v) is 3.80. The molecule has 0 aliphatic rings. The Morgan fingerprint density at radius 1 is 1.06 bits per heavy atom. The van der Waals surface area contributed by atoms with Crippen LogP contribution in [0.1, 0.15) is 16.5 Å². The molecule has 1 unspecified atom stereocenters. The van der Waals surface area contributed by atoms with Crippen LogP contribution in [-0.4, -0.2) is 0 Å². The topological polar surface area (TPSA) is 38.0 Å². The van der Waals surface area contributed by atoms with Crippen molar-refractivity contribution in [3.05, 3.63) is 56.2 Å². The molecule has 0 aliphatic heterocycles. The van der Waals surface area contributed by atoms with E-state index in [9.17, 15) is 0 Å². The molecular weight excluding hydrogens is 263 g/mol.